The van der Waals surface area contributed by atoms with Crippen LogP contribution in [0.2, 0.25) is 0 Å². The molecule has 0 spiro atoms. The van der Waals surface area contributed by atoms with Crippen LogP contribution in [0.4, 0.5) is 0 Å². The minimum Gasteiger partial charge on any atom is -0.490 e. The van der Waals surface area contributed by atoms with E-state index in [1.807, 2.05) is 32.9 Å². The number of halogens is 1. The van der Waals surface area contributed by atoms with E-state index in [0.717, 1.165) is 23.1 Å². The Balaban J connectivity index is 2.72. The molecule has 1 amide bonds. The molecule has 6 heteroatoms. The predicted molar refractivity (Wildman–Crippen MR) is 91.7 cm³/mol. The average molecular weight is 373 g/mol. The summed E-state index contributed by atoms with van der Waals surface area (Å²) >= 11 is 3.50. The van der Waals surface area contributed by atoms with Crippen LogP contribution in [0.25, 0.3) is 0 Å². The Kier molecular flexibility index (Phi) is 8.92. The lowest BCUT2D eigenvalue weighted by Crippen LogP contribution is -2.32. The van der Waals surface area contributed by atoms with Gasteiger partial charge in [0.15, 0.2) is 11.5 Å². The molecule has 1 rings (SSSR count). The van der Waals surface area contributed by atoms with Crippen LogP contribution in [0.3, 0.4) is 0 Å². The maximum atomic E-state index is 12.0. The van der Waals surface area contributed by atoms with Crippen molar-refractivity contribution in [3.05, 3.63) is 22.2 Å². The highest BCUT2D eigenvalue weighted by molar-refractivity contribution is 9.10. The number of hydrogen-bond acceptors (Lipinski definition) is 4. The fraction of sp³-hybridized carbons (Fsp3) is 0.562. The molecule has 0 fully saturated rings. The Labute approximate surface area is 140 Å². The Hall–Kier alpha value is -1.27. The molecule has 0 aliphatic carbocycles. The Morgan fingerprint density at radius 2 is 1.73 bits per heavy atom. The monoisotopic (exact) mass is 372 g/mol. The number of nitrogens with one attached hydrogen (secondary N) is 2. The number of hydrogen-bond donors (Lipinski definition) is 2. The molecule has 0 atom stereocenters. The summed E-state index contributed by atoms with van der Waals surface area (Å²) in [6, 6.07) is 3.72. The summed E-state index contributed by atoms with van der Waals surface area (Å²) in [5.41, 5.74) is 0.882. The SMILES string of the molecule is CCNCCNC(=O)Cc1cc(OCC)c(OCC)cc1Br. The molecular weight excluding hydrogens is 348 g/mol. The van der Waals surface area contributed by atoms with E-state index < -0.39 is 0 Å². The summed E-state index contributed by atoms with van der Waals surface area (Å²) in [5, 5.41) is 6.06. The smallest absolute Gasteiger partial charge is 0.224 e. The van der Waals surface area contributed by atoms with Gasteiger partial charge < -0.3 is 20.1 Å². The van der Waals surface area contributed by atoms with Gasteiger partial charge in [-0.1, -0.05) is 22.9 Å². The van der Waals surface area contributed by atoms with Gasteiger partial charge in [-0.05, 0) is 38.1 Å². The number of likely N-dealkylation sites (N-methyl/N-ethyl adjacent to an activating group) is 1. The van der Waals surface area contributed by atoms with E-state index in [0.29, 0.717) is 37.7 Å². The molecule has 0 unspecified atom stereocenters. The molecule has 0 aliphatic heterocycles. The van der Waals surface area contributed by atoms with Crippen molar-refractivity contribution in [2.75, 3.05) is 32.8 Å². The van der Waals surface area contributed by atoms with Crippen LogP contribution < -0.4 is 20.1 Å². The fourth-order valence-corrected chi connectivity index (χ4v) is 2.41. The first-order valence-corrected chi connectivity index (χ1v) is 8.47. The maximum absolute atomic E-state index is 12.0. The summed E-state index contributed by atoms with van der Waals surface area (Å²) in [7, 11) is 0. The first kappa shape index (κ1) is 18.8. The van der Waals surface area contributed by atoms with E-state index in [1.165, 1.54) is 0 Å². The molecule has 1 aromatic carbocycles. The molecule has 0 radical (unpaired) electrons. The zero-order chi connectivity index (χ0) is 16.4. The highest BCUT2D eigenvalue weighted by atomic mass is 79.9. The van der Waals surface area contributed by atoms with E-state index in [-0.39, 0.29) is 5.91 Å². The molecular formula is C16H25BrN2O3. The second-order valence-corrected chi connectivity index (χ2v) is 5.49. The van der Waals surface area contributed by atoms with Crippen LogP contribution in [0, 0.1) is 0 Å². The highest BCUT2D eigenvalue weighted by Crippen LogP contribution is 2.34. The standard InChI is InChI=1S/C16H25BrN2O3/c1-4-18-7-8-19-16(20)10-12-9-14(21-5-2)15(22-6-3)11-13(12)17/h9,11,18H,4-8,10H2,1-3H3,(H,19,20). The molecule has 0 saturated carbocycles. The first-order valence-electron chi connectivity index (χ1n) is 7.67. The van der Waals surface area contributed by atoms with Crippen LogP contribution in [0.5, 0.6) is 11.5 Å². The minimum absolute atomic E-state index is 0.00906. The van der Waals surface area contributed by atoms with Crippen molar-refractivity contribution >= 4 is 21.8 Å². The lowest BCUT2D eigenvalue weighted by atomic mass is 10.1. The number of ether oxygens (including phenoxy) is 2. The molecule has 0 aromatic heterocycles. The van der Waals surface area contributed by atoms with Crippen LogP contribution in [-0.2, 0) is 11.2 Å². The van der Waals surface area contributed by atoms with Gasteiger partial charge in [-0.15, -0.1) is 0 Å². The second kappa shape index (κ2) is 10.5. The first-order chi connectivity index (χ1) is 10.6. The van der Waals surface area contributed by atoms with Crippen molar-refractivity contribution < 1.29 is 14.3 Å². The molecule has 0 aliphatic rings. The number of amides is 1. The van der Waals surface area contributed by atoms with Crippen molar-refractivity contribution in [2.24, 2.45) is 0 Å². The molecule has 22 heavy (non-hydrogen) atoms. The summed E-state index contributed by atoms with van der Waals surface area (Å²) in [5.74, 6) is 1.35. The molecule has 2 N–H and O–H groups in total. The van der Waals surface area contributed by atoms with Gasteiger partial charge in [0, 0.05) is 17.6 Å². The van der Waals surface area contributed by atoms with Gasteiger partial charge in [0.2, 0.25) is 5.91 Å². The molecule has 0 saturated heterocycles. The maximum Gasteiger partial charge on any atom is 0.224 e. The van der Waals surface area contributed by atoms with Gasteiger partial charge in [-0.3, -0.25) is 4.79 Å². The van der Waals surface area contributed by atoms with E-state index >= 15 is 0 Å². The largest absolute Gasteiger partial charge is 0.490 e. The van der Waals surface area contributed by atoms with E-state index in [4.69, 9.17) is 9.47 Å². The van der Waals surface area contributed by atoms with Gasteiger partial charge in [0.1, 0.15) is 0 Å². The van der Waals surface area contributed by atoms with Gasteiger partial charge in [0.25, 0.3) is 0 Å². The van der Waals surface area contributed by atoms with Crippen LogP contribution in [-0.4, -0.2) is 38.8 Å². The van der Waals surface area contributed by atoms with Crippen molar-refractivity contribution in [2.45, 2.75) is 27.2 Å². The summed E-state index contributed by atoms with van der Waals surface area (Å²) in [4.78, 5) is 12.0. The van der Waals surface area contributed by atoms with Gasteiger partial charge >= 0.3 is 0 Å². The number of rotatable bonds is 10. The number of benzene rings is 1. The number of carbonyl (C=O) groups is 1. The molecule has 1 aromatic rings. The predicted octanol–water partition coefficient (Wildman–Crippen LogP) is 2.51. The summed E-state index contributed by atoms with van der Waals surface area (Å²) in [6.45, 7) is 9.30. The fourth-order valence-electron chi connectivity index (χ4n) is 1.95. The van der Waals surface area contributed by atoms with E-state index in [9.17, 15) is 4.79 Å². The molecule has 124 valence electrons. The minimum atomic E-state index is -0.00906. The lowest BCUT2D eigenvalue weighted by molar-refractivity contribution is -0.120. The third-order valence-electron chi connectivity index (χ3n) is 2.94. The lowest BCUT2D eigenvalue weighted by Gasteiger charge is -2.14. The zero-order valence-corrected chi connectivity index (χ0v) is 15.1. The van der Waals surface area contributed by atoms with Crippen LogP contribution >= 0.6 is 15.9 Å². The van der Waals surface area contributed by atoms with Crippen molar-refractivity contribution in [3.63, 3.8) is 0 Å². The summed E-state index contributed by atoms with van der Waals surface area (Å²) in [6.07, 6.45) is 0.305. The van der Waals surface area contributed by atoms with E-state index in [2.05, 4.69) is 26.6 Å². The van der Waals surface area contributed by atoms with Gasteiger partial charge in [-0.2, -0.15) is 0 Å². The second-order valence-electron chi connectivity index (χ2n) is 4.64. The normalized spacial score (nSPS) is 10.4. The molecule has 5 nitrogen and oxygen atoms in total. The molecule has 0 bridgehead atoms. The van der Waals surface area contributed by atoms with Crippen molar-refractivity contribution in [1.82, 2.24) is 10.6 Å². The number of carbonyl (C=O) groups excluding carboxylic acids is 1. The Bertz CT molecular complexity index is 481. The van der Waals surface area contributed by atoms with Crippen molar-refractivity contribution in [1.29, 1.82) is 0 Å². The van der Waals surface area contributed by atoms with Gasteiger partial charge in [0.05, 0.1) is 19.6 Å². The quantitative estimate of drug-likeness (QED) is 0.619. The van der Waals surface area contributed by atoms with Crippen LogP contribution in [0.15, 0.2) is 16.6 Å². The summed E-state index contributed by atoms with van der Waals surface area (Å²) < 4.78 is 12.0. The topological polar surface area (TPSA) is 59.6 Å². The highest BCUT2D eigenvalue weighted by Gasteiger charge is 2.13. The van der Waals surface area contributed by atoms with E-state index in [1.54, 1.807) is 0 Å². The van der Waals surface area contributed by atoms with Gasteiger partial charge in [-0.25, -0.2) is 0 Å². The van der Waals surface area contributed by atoms with Crippen LogP contribution in [0.1, 0.15) is 26.3 Å². The third-order valence-corrected chi connectivity index (χ3v) is 3.68. The molecule has 0 heterocycles. The third kappa shape index (κ3) is 6.23. The average Bonchev–Trinajstić information content (AvgIpc) is 2.49. The zero-order valence-electron chi connectivity index (χ0n) is 13.5. The van der Waals surface area contributed by atoms with Crippen molar-refractivity contribution in [3.8, 4) is 11.5 Å². The Morgan fingerprint density at radius 1 is 1.09 bits per heavy atom. The Morgan fingerprint density at radius 3 is 2.32 bits per heavy atom.